The third kappa shape index (κ3) is 7.58. The molecule has 0 aromatic carbocycles. The minimum Gasteiger partial charge on any atom is -0.481 e. The number of aliphatic hydroxyl groups is 3. The van der Waals surface area contributed by atoms with E-state index in [0.717, 1.165) is 6.42 Å². The molecule has 1 aliphatic carbocycles. The smallest absolute Gasteiger partial charge is 0.303 e. The summed E-state index contributed by atoms with van der Waals surface area (Å²) in [6.45, 7) is 0. The van der Waals surface area contributed by atoms with Gasteiger partial charge in [-0.15, -0.1) is 0 Å². The van der Waals surface area contributed by atoms with E-state index in [0.29, 0.717) is 32.1 Å². The Kier molecular flexibility index (Phi) is 9.21. The van der Waals surface area contributed by atoms with Crippen LogP contribution in [0.3, 0.4) is 0 Å². The lowest BCUT2D eigenvalue weighted by atomic mass is 9.89. The number of aryl methyl sites for hydroxylation is 1. The summed E-state index contributed by atoms with van der Waals surface area (Å²) in [7, 11) is 0. The van der Waals surface area contributed by atoms with Gasteiger partial charge in [0.2, 0.25) is 0 Å². The van der Waals surface area contributed by atoms with Crippen LogP contribution in [0.5, 0.6) is 0 Å². The van der Waals surface area contributed by atoms with E-state index in [-0.39, 0.29) is 18.3 Å². The average Bonchev–Trinajstić information content (AvgIpc) is 3.22. The molecule has 1 aromatic heterocycles. The van der Waals surface area contributed by atoms with Gasteiger partial charge in [-0.25, -0.2) is 0 Å². The standard InChI is InChI=1S/C21H30O5S/c22-16(8-7-15-11-12-27-14-15)9-10-18-17(19(23)13-20(18)24)5-3-1-2-4-6-21(25)26/h1,3,9-12,14,16-20,22-24H,2,4-8,13H2,(H,25,26)/t16?,17-,18-,19?,20?/m1/s1. The number of unbranched alkanes of at least 4 members (excludes halogenated alkanes) is 1. The fraction of sp³-hybridized carbons (Fsp3) is 0.571. The highest BCUT2D eigenvalue weighted by Crippen LogP contribution is 2.36. The third-order valence-corrected chi connectivity index (χ3v) is 5.85. The highest BCUT2D eigenvalue weighted by Gasteiger charge is 2.39. The molecule has 1 heterocycles. The molecule has 4 N–H and O–H groups in total. The monoisotopic (exact) mass is 394 g/mol. The molecule has 0 saturated heterocycles. The van der Waals surface area contributed by atoms with Crippen LogP contribution in [0.25, 0.3) is 0 Å². The highest BCUT2D eigenvalue weighted by molar-refractivity contribution is 7.07. The van der Waals surface area contributed by atoms with E-state index in [9.17, 15) is 20.1 Å². The van der Waals surface area contributed by atoms with Crippen molar-refractivity contribution in [2.45, 2.75) is 63.3 Å². The van der Waals surface area contributed by atoms with Gasteiger partial charge in [-0.2, -0.15) is 11.3 Å². The van der Waals surface area contributed by atoms with Gasteiger partial charge in [-0.05, 0) is 60.4 Å². The number of aliphatic carboxylic acids is 1. The summed E-state index contributed by atoms with van der Waals surface area (Å²) in [5.41, 5.74) is 1.22. The number of thiophene rings is 1. The fourth-order valence-electron chi connectivity index (χ4n) is 3.55. The van der Waals surface area contributed by atoms with E-state index in [1.54, 1.807) is 17.4 Å². The van der Waals surface area contributed by atoms with Gasteiger partial charge in [-0.1, -0.05) is 24.3 Å². The molecular weight excluding hydrogens is 364 g/mol. The van der Waals surface area contributed by atoms with Gasteiger partial charge in [0.05, 0.1) is 18.3 Å². The quantitative estimate of drug-likeness (QED) is 0.341. The predicted octanol–water partition coefficient (Wildman–Crippen LogP) is 3.16. The fourth-order valence-corrected chi connectivity index (χ4v) is 4.25. The Morgan fingerprint density at radius 2 is 2.11 bits per heavy atom. The van der Waals surface area contributed by atoms with Crippen molar-refractivity contribution in [2.75, 3.05) is 0 Å². The van der Waals surface area contributed by atoms with Gasteiger partial charge in [0.15, 0.2) is 0 Å². The molecular formula is C21H30O5S. The van der Waals surface area contributed by atoms with E-state index < -0.39 is 24.3 Å². The molecule has 3 unspecified atom stereocenters. The number of carbonyl (C=O) groups is 1. The van der Waals surface area contributed by atoms with Crippen LogP contribution < -0.4 is 0 Å². The molecule has 0 amide bonds. The zero-order valence-electron chi connectivity index (χ0n) is 15.5. The number of carboxylic acids is 1. The molecule has 5 nitrogen and oxygen atoms in total. The van der Waals surface area contributed by atoms with Gasteiger partial charge in [0.1, 0.15) is 0 Å². The Bertz CT molecular complexity index is 610. The first-order valence-electron chi connectivity index (χ1n) is 9.57. The van der Waals surface area contributed by atoms with E-state index in [2.05, 4.69) is 11.4 Å². The summed E-state index contributed by atoms with van der Waals surface area (Å²) >= 11 is 1.64. The summed E-state index contributed by atoms with van der Waals surface area (Å²) in [5.74, 6) is -1.06. The molecule has 2 rings (SSSR count). The molecule has 150 valence electrons. The number of carboxylic acid groups (broad SMARTS) is 1. The van der Waals surface area contributed by atoms with E-state index in [1.807, 2.05) is 23.6 Å². The summed E-state index contributed by atoms with van der Waals surface area (Å²) in [5, 5.41) is 43.4. The minimum absolute atomic E-state index is 0.0870. The second kappa shape index (κ2) is 11.4. The zero-order chi connectivity index (χ0) is 19.6. The van der Waals surface area contributed by atoms with Gasteiger partial charge in [0.25, 0.3) is 0 Å². The Morgan fingerprint density at radius 1 is 1.30 bits per heavy atom. The molecule has 0 radical (unpaired) electrons. The highest BCUT2D eigenvalue weighted by atomic mass is 32.1. The molecule has 1 fully saturated rings. The summed E-state index contributed by atoms with van der Waals surface area (Å²) in [4.78, 5) is 10.5. The van der Waals surface area contributed by atoms with Gasteiger partial charge in [0, 0.05) is 18.8 Å². The molecule has 27 heavy (non-hydrogen) atoms. The summed E-state index contributed by atoms with van der Waals surface area (Å²) < 4.78 is 0. The molecule has 1 aliphatic rings. The first kappa shape index (κ1) is 21.8. The Balaban J connectivity index is 1.81. The third-order valence-electron chi connectivity index (χ3n) is 5.12. The molecule has 1 aromatic rings. The van der Waals surface area contributed by atoms with Crippen LogP contribution in [-0.2, 0) is 11.2 Å². The van der Waals surface area contributed by atoms with Gasteiger partial charge >= 0.3 is 5.97 Å². The van der Waals surface area contributed by atoms with Crippen molar-refractivity contribution >= 4 is 17.3 Å². The number of hydrogen-bond donors (Lipinski definition) is 4. The van der Waals surface area contributed by atoms with Crippen LogP contribution in [0.15, 0.2) is 41.1 Å². The molecule has 1 saturated carbocycles. The lowest BCUT2D eigenvalue weighted by Gasteiger charge is -2.19. The second-order valence-corrected chi connectivity index (χ2v) is 8.01. The molecule has 6 heteroatoms. The van der Waals surface area contributed by atoms with Crippen LogP contribution >= 0.6 is 11.3 Å². The minimum atomic E-state index is -0.791. The Morgan fingerprint density at radius 3 is 2.81 bits per heavy atom. The lowest BCUT2D eigenvalue weighted by Crippen LogP contribution is -2.20. The van der Waals surface area contributed by atoms with Crippen molar-refractivity contribution in [1.29, 1.82) is 0 Å². The lowest BCUT2D eigenvalue weighted by molar-refractivity contribution is -0.137. The van der Waals surface area contributed by atoms with Gasteiger partial charge in [-0.3, -0.25) is 4.79 Å². The van der Waals surface area contributed by atoms with E-state index in [1.165, 1.54) is 5.56 Å². The van der Waals surface area contributed by atoms with Crippen LogP contribution in [0, 0.1) is 11.8 Å². The molecule has 0 spiro atoms. The summed E-state index contributed by atoms with van der Waals surface area (Å²) in [6, 6.07) is 2.05. The van der Waals surface area contributed by atoms with Crippen molar-refractivity contribution in [1.82, 2.24) is 0 Å². The van der Waals surface area contributed by atoms with E-state index >= 15 is 0 Å². The van der Waals surface area contributed by atoms with E-state index in [4.69, 9.17) is 5.11 Å². The summed E-state index contributed by atoms with van der Waals surface area (Å²) in [6.07, 6.45) is 9.62. The van der Waals surface area contributed by atoms with Crippen LogP contribution in [-0.4, -0.2) is 44.7 Å². The molecule has 0 aliphatic heterocycles. The topological polar surface area (TPSA) is 98.0 Å². The maximum atomic E-state index is 10.5. The zero-order valence-corrected chi connectivity index (χ0v) is 16.3. The van der Waals surface area contributed by atoms with Crippen molar-refractivity contribution in [3.63, 3.8) is 0 Å². The first-order valence-corrected chi connectivity index (χ1v) is 10.5. The van der Waals surface area contributed by atoms with Crippen LogP contribution in [0.1, 0.15) is 44.1 Å². The second-order valence-electron chi connectivity index (χ2n) is 7.23. The number of allylic oxidation sites excluding steroid dienone is 2. The van der Waals surface area contributed by atoms with Crippen molar-refractivity contribution in [3.8, 4) is 0 Å². The number of rotatable bonds is 11. The van der Waals surface area contributed by atoms with Crippen LogP contribution in [0.2, 0.25) is 0 Å². The molecule has 5 atom stereocenters. The largest absolute Gasteiger partial charge is 0.481 e. The number of hydrogen-bond acceptors (Lipinski definition) is 5. The number of aliphatic hydroxyl groups excluding tert-OH is 3. The van der Waals surface area contributed by atoms with Crippen LogP contribution in [0.4, 0.5) is 0 Å². The normalized spacial score (nSPS) is 26.9. The van der Waals surface area contributed by atoms with Crippen molar-refractivity contribution < 1.29 is 25.2 Å². The SMILES string of the molecule is O=C(O)CCCC=CC[C@H]1C(O)CC(O)[C@@H]1C=CC(O)CCc1ccsc1. The first-order chi connectivity index (χ1) is 13.0. The van der Waals surface area contributed by atoms with Crippen molar-refractivity contribution in [2.24, 2.45) is 11.8 Å². The predicted molar refractivity (Wildman–Crippen MR) is 107 cm³/mol. The Hall–Kier alpha value is -1.47. The Labute approximate surface area is 164 Å². The maximum Gasteiger partial charge on any atom is 0.303 e. The molecule has 0 bridgehead atoms. The maximum absolute atomic E-state index is 10.5. The van der Waals surface area contributed by atoms with Gasteiger partial charge < -0.3 is 20.4 Å². The average molecular weight is 395 g/mol. The van der Waals surface area contributed by atoms with Crippen molar-refractivity contribution in [3.05, 3.63) is 46.7 Å².